The lowest BCUT2D eigenvalue weighted by molar-refractivity contribution is -0.141. The summed E-state index contributed by atoms with van der Waals surface area (Å²) in [6, 6.07) is -1.14. The van der Waals surface area contributed by atoms with Gasteiger partial charge < -0.3 is 15.2 Å². The van der Waals surface area contributed by atoms with Crippen LogP contribution in [0.25, 0.3) is 0 Å². The largest absolute Gasteiger partial charge is 0.480 e. The van der Waals surface area contributed by atoms with E-state index in [4.69, 9.17) is 4.74 Å². The average Bonchev–Trinajstić information content (AvgIpc) is 3.07. The summed E-state index contributed by atoms with van der Waals surface area (Å²) in [7, 11) is 1.57. The number of aliphatic carboxylic acids is 1. The van der Waals surface area contributed by atoms with E-state index in [1.807, 2.05) is 6.92 Å². The van der Waals surface area contributed by atoms with Gasteiger partial charge in [0.05, 0.1) is 18.0 Å². The number of amides is 2. The molecule has 3 unspecified atom stereocenters. The van der Waals surface area contributed by atoms with Crippen molar-refractivity contribution in [2.75, 3.05) is 19.5 Å². The first-order valence-electron chi connectivity index (χ1n) is 6.46. The van der Waals surface area contributed by atoms with Gasteiger partial charge in [-0.2, -0.15) is 0 Å². The summed E-state index contributed by atoms with van der Waals surface area (Å²) in [5.74, 6) is 0.00536. The quantitative estimate of drug-likeness (QED) is 0.788. The van der Waals surface area contributed by atoms with Gasteiger partial charge in [-0.3, -0.25) is 4.90 Å². The van der Waals surface area contributed by atoms with E-state index in [0.717, 1.165) is 12.8 Å². The highest BCUT2D eigenvalue weighted by atomic mass is 32.2. The highest BCUT2D eigenvalue weighted by Gasteiger charge is 2.48. The molecule has 0 aromatic rings. The van der Waals surface area contributed by atoms with Crippen molar-refractivity contribution < 1.29 is 19.4 Å². The number of rotatable bonds is 5. The second-order valence-corrected chi connectivity index (χ2v) is 6.28. The first kappa shape index (κ1) is 14.5. The number of nitrogens with zero attached hydrogens (tertiary/aromatic N) is 1. The minimum Gasteiger partial charge on any atom is -0.480 e. The van der Waals surface area contributed by atoms with Crippen molar-refractivity contribution in [3.05, 3.63) is 0 Å². The van der Waals surface area contributed by atoms with Gasteiger partial charge in [-0.25, -0.2) is 9.59 Å². The predicted molar refractivity (Wildman–Crippen MR) is 72.1 cm³/mol. The van der Waals surface area contributed by atoms with Crippen LogP contribution in [0.2, 0.25) is 0 Å². The van der Waals surface area contributed by atoms with Crippen molar-refractivity contribution >= 4 is 23.8 Å². The molecule has 2 N–H and O–H groups in total. The summed E-state index contributed by atoms with van der Waals surface area (Å²) < 4.78 is 4.97. The Kier molecular flexibility index (Phi) is 4.57. The molecule has 2 rings (SSSR count). The Labute approximate surface area is 116 Å². The molecule has 1 saturated heterocycles. The summed E-state index contributed by atoms with van der Waals surface area (Å²) in [5.41, 5.74) is 0. The van der Waals surface area contributed by atoms with E-state index in [1.165, 1.54) is 4.90 Å². The number of nitrogens with one attached hydrogen (secondary N) is 1. The van der Waals surface area contributed by atoms with Gasteiger partial charge in [0, 0.05) is 12.9 Å². The minimum absolute atomic E-state index is 0.0100. The molecule has 0 radical (unpaired) electrons. The van der Waals surface area contributed by atoms with Gasteiger partial charge in [0.15, 0.2) is 0 Å². The van der Waals surface area contributed by atoms with Crippen LogP contribution in [-0.2, 0) is 9.53 Å². The van der Waals surface area contributed by atoms with Crippen molar-refractivity contribution in [2.24, 2.45) is 5.92 Å². The predicted octanol–water partition coefficient (Wildman–Crippen LogP) is 0.969. The number of urea groups is 1. The average molecular weight is 288 g/mol. The highest BCUT2D eigenvalue weighted by Crippen LogP contribution is 2.45. The van der Waals surface area contributed by atoms with E-state index in [0.29, 0.717) is 18.3 Å². The van der Waals surface area contributed by atoms with E-state index in [2.05, 4.69) is 5.32 Å². The molecule has 6 nitrogen and oxygen atoms in total. The second-order valence-electron chi connectivity index (χ2n) is 5.13. The monoisotopic (exact) mass is 288 g/mol. The molecule has 19 heavy (non-hydrogen) atoms. The number of methoxy groups -OCH3 is 1. The minimum atomic E-state index is -0.926. The lowest BCUT2D eigenvalue weighted by atomic mass is 10.2. The number of carboxylic acids is 1. The Bertz CT molecular complexity index is 362. The Morgan fingerprint density at radius 1 is 1.53 bits per heavy atom. The zero-order valence-corrected chi connectivity index (χ0v) is 12.0. The third kappa shape index (κ3) is 3.33. The van der Waals surface area contributed by atoms with Crippen LogP contribution in [0.1, 0.15) is 19.8 Å². The fraction of sp³-hybridized carbons (Fsp3) is 0.833. The maximum Gasteiger partial charge on any atom is 0.327 e. The van der Waals surface area contributed by atoms with E-state index >= 15 is 0 Å². The van der Waals surface area contributed by atoms with Crippen LogP contribution in [0.4, 0.5) is 4.79 Å². The van der Waals surface area contributed by atoms with Gasteiger partial charge in [-0.05, 0) is 25.7 Å². The summed E-state index contributed by atoms with van der Waals surface area (Å²) in [4.78, 5) is 25.0. The number of carboxylic acid groups (broad SMARTS) is 1. The van der Waals surface area contributed by atoms with Crippen molar-refractivity contribution in [3.8, 4) is 0 Å². The normalized spacial score (nSPS) is 28.2. The summed E-state index contributed by atoms with van der Waals surface area (Å²) in [6.45, 7) is 2.26. The third-order valence-electron chi connectivity index (χ3n) is 3.37. The van der Waals surface area contributed by atoms with E-state index in [-0.39, 0.29) is 17.4 Å². The molecule has 2 fully saturated rings. The molecule has 1 heterocycles. The van der Waals surface area contributed by atoms with Gasteiger partial charge in [0.25, 0.3) is 0 Å². The Morgan fingerprint density at radius 3 is 2.74 bits per heavy atom. The molecular weight excluding hydrogens is 268 g/mol. The molecule has 108 valence electrons. The number of ether oxygens (including phenoxy) is 1. The van der Waals surface area contributed by atoms with Crippen molar-refractivity contribution in [3.63, 3.8) is 0 Å². The molecule has 3 atom stereocenters. The number of hydrogen-bond acceptors (Lipinski definition) is 4. The first-order valence-corrected chi connectivity index (χ1v) is 7.51. The fourth-order valence-electron chi connectivity index (χ4n) is 2.30. The van der Waals surface area contributed by atoms with Crippen LogP contribution in [0, 0.1) is 5.92 Å². The van der Waals surface area contributed by atoms with Crippen LogP contribution in [0.3, 0.4) is 0 Å². The molecule has 0 aromatic heterocycles. The number of carbonyl (C=O) groups is 2. The Morgan fingerprint density at radius 2 is 2.21 bits per heavy atom. The van der Waals surface area contributed by atoms with Gasteiger partial charge in [0.1, 0.15) is 6.04 Å². The van der Waals surface area contributed by atoms with Crippen molar-refractivity contribution in [2.45, 2.75) is 37.2 Å². The fourth-order valence-corrected chi connectivity index (χ4v) is 3.93. The second kappa shape index (κ2) is 6.00. The van der Waals surface area contributed by atoms with Crippen molar-refractivity contribution in [1.29, 1.82) is 0 Å². The first-order chi connectivity index (χ1) is 9.04. The molecule has 7 heteroatoms. The van der Waals surface area contributed by atoms with Gasteiger partial charge in [0.2, 0.25) is 0 Å². The zero-order valence-electron chi connectivity index (χ0n) is 11.2. The van der Waals surface area contributed by atoms with Crippen LogP contribution in [-0.4, -0.2) is 58.9 Å². The van der Waals surface area contributed by atoms with E-state index < -0.39 is 12.0 Å². The summed E-state index contributed by atoms with van der Waals surface area (Å²) in [6.07, 6.45) is 2.17. The topological polar surface area (TPSA) is 78.9 Å². The lowest BCUT2D eigenvalue weighted by Crippen LogP contribution is -2.53. The molecule has 1 aliphatic heterocycles. The molecular formula is C12H20N2O4S. The SMILES string of the molecule is COCC(C)NC(=O)N1C(C(=O)O)CSC1C1CC1. The maximum atomic E-state index is 12.3. The molecule has 0 aromatic carbocycles. The Hall–Kier alpha value is -0.950. The maximum absolute atomic E-state index is 12.3. The summed E-state index contributed by atoms with van der Waals surface area (Å²) >= 11 is 1.58. The standard InChI is InChI=1S/C12H20N2O4S/c1-7(5-18-2)13-12(17)14-9(11(15)16)6-19-10(14)8-3-4-8/h7-10H,3-6H2,1-2H3,(H,13,17)(H,15,16). The molecule has 0 spiro atoms. The number of hydrogen-bond donors (Lipinski definition) is 2. The molecule has 1 aliphatic carbocycles. The Balaban J connectivity index is 2.03. The van der Waals surface area contributed by atoms with Gasteiger partial charge in [-0.15, -0.1) is 11.8 Å². The van der Waals surface area contributed by atoms with Crippen LogP contribution >= 0.6 is 11.8 Å². The molecule has 2 aliphatic rings. The van der Waals surface area contributed by atoms with Crippen molar-refractivity contribution in [1.82, 2.24) is 10.2 Å². The van der Waals surface area contributed by atoms with E-state index in [1.54, 1.807) is 18.9 Å². The lowest BCUT2D eigenvalue weighted by Gasteiger charge is -2.29. The zero-order chi connectivity index (χ0) is 14.0. The van der Waals surface area contributed by atoms with E-state index in [9.17, 15) is 14.7 Å². The molecule has 1 saturated carbocycles. The highest BCUT2D eigenvalue weighted by molar-refractivity contribution is 8.00. The van der Waals surface area contributed by atoms with Gasteiger partial charge >= 0.3 is 12.0 Å². The van der Waals surface area contributed by atoms with Crippen LogP contribution < -0.4 is 5.32 Å². The smallest absolute Gasteiger partial charge is 0.327 e. The van der Waals surface area contributed by atoms with Crippen LogP contribution in [0.15, 0.2) is 0 Å². The third-order valence-corrected chi connectivity index (χ3v) is 4.83. The summed E-state index contributed by atoms with van der Waals surface area (Å²) in [5, 5.41) is 12.0. The molecule has 2 amide bonds. The number of carbonyl (C=O) groups excluding carboxylic acids is 1. The molecule has 0 bridgehead atoms. The van der Waals surface area contributed by atoms with Gasteiger partial charge in [-0.1, -0.05) is 0 Å². The van der Waals surface area contributed by atoms with Crippen LogP contribution in [0.5, 0.6) is 0 Å². The number of thioether (sulfide) groups is 1.